The third-order valence-corrected chi connectivity index (χ3v) is 1.59. The van der Waals surface area contributed by atoms with Gasteiger partial charge in [-0.25, -0.2) is 0 Å². The third-order valence-electron chi connectivity index (χ3n) is 1.59. The molecule has 0 bridgehead atoms. The van der Waals surface area contributed by atoms with Crippen molar-refractivity contribution in [2.45, 2.75) is 12.5 Å². The molecule has 0 aromatic carbocycles. The summed E-state index contributed by atoms with van der Waals surface area (Å²) in [5, 5.41) is 18.1. The molecule has 0 aromatic heterocycles. The molecule has 55 valence electrons. The minimum absolute atomic E-state index is 0.239. The first-order chi connectivity index (χ1) is 4.67. The van der Waals surface area contributed by atoms with Crippen molar-refractivity contribution in [3.8, 4) is 0 Å². The van der Waals surface area contributed by atoms with Crippen LogP contribution in [-0.4, -0.2) is 22.4 Å². The molecule has 1 fully saturated rings. The molecule has 2 heteroatoms. The van der Waals surface area contributed by atoms with Crippen LogP contribution < -0.4 is 0 Å². The standard InChI is InChI=1S/C8H11O2/c1-8(10,6-9)7-4-2-3-5-7/h2-5,9-10H,6H2,1H3/t8-/m1/s1. The van der Waals surface area contributed by atoms with E-state index >= 15 is 0 Å². The van der Waals surface area contributed by atoms with Crippen molar-refractivity contribution in [1.29, 1.82) is 0 Å². The summed E-state index contributed by atoms with van der Waals surface area (Å²) in [4.78, 5) is 0. The van der Waals surface area contributed by atoms with Gasteiger partial charge in [0.25, 0.3) is 0 Å². The molecular formula is C8H11O2. The summed E-state index contributed by atoms with van der Waals surface area (Å²) < 4.78 is 0. The lowest BCUT2D eigenvalue weighted by atomic mass is 9.89. The van der Waals surface area contributed by atoms with E-state index in [4.69, 9.17) is 5.11 Å². The van der Waals surface area contributed by atoms with Crippen molar-refractivity contribution in [3.05, 3.63) is 31.6 Å². The second-order valence-corrected chi connectivity index (χ2v) is 2.61. The summed E-state index contributed by atoms with van der Waals surface area (Å²) in [5.74, 6) is 0.759. The van der Waals surface area contributed by atoms with Crippen LogP contribution in [0, 0.1) is 31.6 Å². The minimum Gasteiger partial charge on any atom is -0.393 e. The first-order valence-corrected chi connectivity index (χ1v) is 3.22. The van der Waals surface area contributed by atoms with Crippen LogP contribution in [-0.2, 0) is 0 Å². The molecule has 0 saturated heterocycles. The Labute approximate surface area is 61.9 Å². The molecule has 1 aliphatic rings. The van der Waals surface area contributed by atoms with Gasteiger partial charge >= 0.3 is 0 Å². The van der Waals surface area contributed by atoms with Crippen molar-refractivity contribution in [2.75, 3.05) is 6.61 Å². The van der Waals surface area contributed by atoms with Gasteiger partial charge in [-0.1, -0.05) is 0 Å². The second-order valence-electron chi connectivity index (χ2n) is 2.61. The van der Waals surface area contributed by atoms with Crippen LogP contribution in [0.2, 0.25) is 0 Å². The lowest BCUT2D eigenvalue weighted by Crippen LogP contribution is -2.35. The predicted molar refractivity (Wildman–Crippen MR) is 38.2 cm³/mol. The molecule has 0 aromatic rings. The summed E-state index contributed by atoms with van der Waals surface area (Å²) >= 11 is 0. The first kappa shape index (κ1) is 8.02. The van der Waals surface area contributed by atoms with Crippen molar-refractivity contribution < 1.29 is 10.2 Å². The zero-order valence-electron chi connectivity index (χ0n) is 5.91. The maximum Gasteiger partial charge on any atom is 0.0917 e. The van der Waals surface area contributed by atoms with Crippen molar-refractivity contribution >= 4 is 0 Å². The molecule has 0 spiro atoms. The lowest BCUT2D eigenvalue weighted by molar-refractivity contribution is 0.0210. The summed E-state index contributed by atoms with van der Waals surface area (Å²) in [6.45, 7) is 1.35. The molecule has 10 heavy (non-hydrogen) atoms. The molecule has 1 rings (SSSR count). The predicted octanol–water partition coefficient (Wildman–Crippen LogP) is 0.135. The summed E-state index contributed by atoms with van der Waals surface area (Å²) in [7, 11) is 0. The third kappa shape index (κ3) is 1.50. The molecule has 2 nitrogen and oxygen atoms in total. The Morgan fingerprint density at radius 3 is 2.30 bits per heavy atom. The van der Waals surface area contributed by atoms with E-state index < -0.39 is 5.60 Å². The zero-order chi connectivity index (χ0) is 7.61. The van der Waals surface area contributed by atoms with Crippen LogP contribution in [0.4, 0.5) is 0 Å². The molecule has 2 N–H and O–H groups in total. The van der Waals surface area contributed by atoms with Crippen LogP contribution in [0.25, 0.3) is 0 Å². The fourth-order valence-corrected chi connectivity index (χ4v) is 0.824. The molecule has 5 radical (unpaired) electrons. The van der Waals surface area contributed by atoms with Gasteiger partial charge in [-0.15, -0.1) is 0 Å². The molecule has 0 aliphatic heterocycles. The van der Waals surface area contributed by atoms with E-state index in [9.17, 15) is 5.11 Å². The number of hydrogen-bond donors (Lipinski definition) is 2. The number of aliphatic hydroxyl groups excluding tert-OH is 1. The van der Waals surface area contributed by atoms with Gasteiger partial charge in [0.1, 0.15) is 0 Å². The van der Waals surface area contributed by atoms with E-state index in [1.807, 2.05) is 12.8 Å². The summed E-state index contributed by atoms with van der Waals surface area (Å²) in [6.07, 6.45) is 7.24. The Kier molecular flexibility index (Phi) is 2.32. The van der Waals surface area contributed by atoms with Crippen LogP contribution in [0.5, 0.6) is 0 Å². The molecule has 0 unspecified atom stereocenters. The Morgan fingerprint density at radius 1 is 1.40 bits per heavy atom. The lowest BCUT2D eigenvalue weighted by Gasteiger charge is -2.26. The highest BCUT2D eigenvalue weighted by atomic mass is 16.3. The van der Waals surface area contributed by atoms with Gasteiger partial charge in [0.15, 0.2) is 0 Å². The van der Waals surface area contributed by atoms with Gasteiger partial charge < -0.3 is 10.2 Å². The van der Waals surface area contributed by atoms with Gasteiger partial charge in [-0.2, -0.15) is 0 Å². The minimum atomic E-state index is -1.08. The fraction of sp³-hybridized carbons (Fsp3) is 0.375. The van der Waals surface area contributed by atoms with Crippen LogP contribution in [0.15, 0.2) is 0 Å². The fourth-order valence-electron chi connectivity index (χ4n) is 0.824. The maximum absolute atomic E-state index is 9.43. The van der Waals surface area contributed by atoms with Gasteiger partial charge in [0, 0.05) is 5.92 Å². The van der Waals surface area contributed by atoms with Crippen molar-refractivity contribution in [1.82, 2.24) is 0 Å². The summed E-state index contributed by atoms with van der Waals surface area (Å²) in [5.41, 5.74) is -1.08. The van der Waals surface area contributed by atoms with E-state index in [2.05, 4.69) is 0 Å². The Bertz CT molecular complexity index is 104. The van der Waals surface area contributed by atoms with E-state index in [1.165, 1.54) is 0 Å². The maximum atomic E-state index is 9.43. The smallest absolute Gasteiger partial charge is 0.0917 e. The first-order valence-electron chi connectivity index (χ1n) is 3.22. The monoisotopic (exact) mass is 139 g/mol. The largest absolute Gasteiger partial charge is 0.393 e. The average molecular weight is 139 g/mol. The van der Waals surface area contributed by atoms with Crippen LogP contribution in [0.1, 0.15) is 6.92 Å². The highest BCUT2D eigenvalue weighted by molar-refractivity contribution is 5.40. The number of rotatable bonds is 2. The molecular weight excluding hydrogens is 128 g/mol. The summed E-state index contributed by atoms with van der Waals surface area (Å²) in [6, 6.07) is 0. The molecule has 0 amide bonds. The zero-order valence-corrected chi connectivity index (χ0v) is 5.91. The molecule has 1 aliphatic carbocycles. The van der Waals surface area contributed by atoms with Gasteiger partial charge in [-0.05, 0) is 32.6 Å². The van der Waals surface area contributed by atoms with Crippen LogP contribution in [0.3, 0.4) is 0 Å². The van der Waals surface area contributed by atoms with E-state index in [0.29, 0.717) is 0 Å². The van der Waals surface area contributed by atoms with Crippen molar-refractivity contribution in [3.63, 3.8) is 0 Å². The Balaban J connectivity index is 2.45. The normalized spacial score (nSPS) is 26.7. The van der Waals surface area contributed by atoms with E-state index in [-0.39, 0.29) is 6.61 Å². The molecule has 1 saturated carbocycles. The molecule has 1 atom stereocenters. The van der Waals surface area contributed by atoms with Gasteiger partial charge in [0.05, 0.1) is 12.2 Å². The highest BCUT2D eigenvalue weighted by Gasteiger charge is 2.34. The quantitative estimate of drug-likeness (QED) is 0.571. The SMILES string of the molecule is C[C@@](O)(CO)[C]1[CH][CH][CH][CH]1. The van der Waals surface area contributed by atoms with Crippen molar-refractivity contribution in [2.24, 2.45) is 0 Å². The van der Waals surface area contributed by atoms with E-state index in [0.717, 1.165) is 5.92 Å². The number of hydrogen-bond acceptors (Lipinski definition) is 2. The second kappa shape index (κ2) is 2.89. The molecule has 0 heterocycles. The van der Waals surface area contributed by atoms with Gasteiger partial charge in [0.2, 0.25) is 0 Å². The Morgan fingerprint density at radius 2 is 1.90 bits per heavy atom. The van der Waals surface area contributed by atoms with Crippen LogP contribution >= 0.6 is 0 Å². The van der Waals surface area contributed by atoms with E-state index in [1.54, 1.807) is 19.8 Å². The average Bonchev–Trinajstić information content (AvgIpc) is 2.38. The highest BCUT2D eigenvalue weighted by Crippen LogP contribution is 2.32. The number of aliphatic hydroxyl groups is 2. The Hall–Kier alpha value is -0.0800. The topological polar surface area (TPSA) is 40.5 Å². The van der Waals surface area contributed by atoms with Gasteiger partial charge in [-0.3, -0.25) is 0 Å².